The molecule has 0 bridgehead atoms. The summed E-state index contributed by atoms with van der Waals surface area (Å²) in [6, 6.07) is 13.1. The highest BCUT2D eigenvalue weighted by atomic mass is 35.5. The van der Waals surface area contributed by atoms with Gasteiger partial charge in [0, 0.05) is 36.4 Å². The molecule has 0 saturated carbocycles. The minimum atomic E-state index is 0.0229. The predicted molar refractivity (Wildman–Crippen MR) is 78.6 cm³/mol. The van der Waals surface area contributed by atoms with Crippen molar-refractivity contribution in [3.05, 3.63) is 69.6 Å². The zero-order chi connectivity index (χ0) is 13.7. The van der Waals surface area contributed by atoms with Gasteiger partial charge in [0.1, 0.15) is 0 Å². The van der Waals surface area contributed by atoms with E-state index in [4.69, 9.17) is 11.6 Å². The number of halogens is 1. The van der Waals surface area contributed by atoms with E-state index in [0.29, 0.717) is 6.54 Å². The first kappa shape index (κ1) is 13.8. The second-order valence-corrected chi connectivity index (χ2v) is 4.84. The first-order chi connectivity index (χ1) is 9.18. The number of hydrogen-bond acceptors (Lipinski definition) is 2. The van der Waals surface area contributed by atoms with E-state index < -0.39 is 0 Å². The van der Waals surface area contributed by atoms with Crippen LogP contribution in [-0.2, 0) is 6.54 Å². The summed E-state index contributed by atoms with van der Waals surface area (Å²) in [5.74, 6) is 0. The molecule has 3 nitrogen and oxygen atoms in total. The van der Waals surface area contributed by atoms with Crippen LogP contribution < -0.4 is 10.9 Å². The van der Waals surface area contributed by atoms with Crippen LogP contribution in [0.1, 0.15) is 18.5 Å². The SMILES string of the molecule is C[C@@H](NCCn1ccccc1=O)c1ccccc1Cl. The number of pyridine rings is 1. The maximum atomic E-state index is 11.5. The summed E-state index contributed by atoms with van der Waals surface area (Å²) in [4.78, 5) is 11.5. The Balaban J connectivity index is 1.92. The zero-order valence-electron chi connectivity index (χ0n) is 10.8. The normalized spacial score (nSPS) is 12.3. The van der Waals surface area contributed by atoms with Crippen LogP contribution in [0.15, 0.2) is 53.5 Å². The van der Waals surface area contributed by atoms with Gasteiger partial charge in [-0.25, -0.2) is 0 Å². The molecule has 0 aliphatic carbocycles. The van der Waals surface area contributed by atoms with Crippen LogP contribution in [-0.4, -0.2) is 11.1 Å². The third kappa shape index (κ3) is 3.69. The lowest BCUT2D eigenvalue weighted by Gasteiger charge is -2.16. The highest BCUT2D eigenvalue weighted by molar-refractivity contribution is 6.31. The third-order valence-corrected chi connectivity index (χ3v) is 3.42. The van der Waals surface area contributed by atoms with E-state index in [1.54, 1.807) is 22.9 Å². The van der Waals surface area contributed by atoms with Crippen molar-refractivity contribution in [2.24, 2.45) is 0 Å². The molecule has 1 heterocycles. The molecule has 2 aromatic rings. The predicted octanol–water partition coefficient (Wildman–Crippen LogP) is 2.85. The minimum absolute atomic E-state index is 0.0229. The summed E-state index contributed by atoms with van der Waals surface area (Å²) in [5.41, 5.74) is 1.10. The van der Waals surface area contributed by atoms with Crippen LogP contribution in [0, 0.1) is 0 Å². The van der Waals surface area contributed by atoms with Crippen LogP contribution in [0.3, 0.4) is 0 Å². The van der Waals surface area contributed by atoms with Gasteiger partial charge in [0.15, 0.2) is 0 Å². The van der Waals surface area contributed by atoms with E-state index in [0.717, 1.165) is 17.1 Å². The molecule has 0 saturated heterocycles. The van der Waals surface area contributed by atoms with Gasteiger partial charge in [0.05, 0.1) is 0 Å². The Hall–Kier alpha value is -1.58. The fraction of sp³-hybridized carbons (Fsp3) is 0.267. The number of aromatic nitrogens is 1. The van der Waals surface area contributed by atoms with Crippen molar-refractivity contribution in [2.45, 2.75) is 19.5 Å². The molecule has 0 aliphatic heterocycles. The second-order valence-electron chi connectivity index (χ2n) is 4.43. The number of benzene rings is 1. The molecule has 1 aromatic carbocycles. The van der Waals surface area contributed by atoms with E-state index in [2.05, 4.69) is 12.2 Å². The molecule has 1 atom stereocenters. The molecule has 4 heteroatoms. The zero-order valence-corrected chi connectivity index (χ0v) is 11.6. The Morgan fingerprint density at radius 1 is 1.21 bits per heavy atom. The Labute approximate surface area is 117 Å². The number of hydrogen-bond donors (Lipinski definition) is 1. The fourth-order valence-corrected chi connectivity index (χ4v) is 2.28. The molecule has 0 aliphatic rings. The van der Waals surface area contributed by atoms with Gasteiger partial charge in [-0.15, -0.1) is 0 Å². The van der Waals surface area contributed by atoms with Crippen molar-refractivity contribution < 1.29 is 0 Å². The van der Waals surface area contributed by atoms with Crippen LogP contribution >= 0.6 is 11.6 Å². The molecular formula is C15H17ClN2O. The number of nitrogens with one attached hydrogen (secondary N) is 1. The summed E-state index contributed by atoms with van der Waals surface area (Å²) >= 11 is 6.15. The van der Waals surface area contributed by atoms with Gasteiger partial charge >= 0.3 is 0 Å². The Kier molecular flexibility index (Phi) is 4.77. The van der Waals surface area contributed by atoms with Crippen LogP contribution in [0.5, 0.6) is 0 Å². The third-order valence-electron chi connectivity index (χ3n) is 3.07. The smallest absolute Gasteiger partial charge is 0.250 e. The molecule has 0 fully saturated rings. The average molecular weight is 277 g/mol. The maximum absolute atomic E-state index is 11.5. The number of rotatable bonds is 5. The number of nitrogens with zero attached hydrogens (tertiary/aromatic N) is 1. The lowest BCUT2D eigenvalue weighted by Crippen LogP contribution is -2.27. The summed E-state index contributed by atoms with van der Waals surface area (Å²) in [5, 5.41) is 4.13. The summed E-state index contributed by atoms with van der Waals surface area (Å²) < 4.78 is 1.69. The van der Waals surface area contributed by atoms with Crippen LogP contribution in [0.4, 0.5) is 0 Å². The van der Waals surface area contributed by atoms with Crippen molar-refractivity contribution in [2.75, 3.05) is 6.54 Å². The first-order valence-electron chi connectivity index (χ1n) is 6.32. The van der Waals surface area contributed by atoms with E-state index in [1.165, 1.54) is 0 Å². The summed E-state index contributed by atoms with van der Waals surface area (Å²) in [7, 11) is 0. The van der Waals surface area contributed by atoms with Crippen molar-refractivity contribution in [1.82, 2.24) is 9.88 Å². The standard InChI is InChI=1S/C15H17ClN2O/c1-12(13-6-2-3-7-14(13)16)17-9-11-18-10-5-4-8-15(18)19/h2-8,10,12,17H,9,11H2,1H3/t12-/m1/s1. The molecule has 100 valence electrons. The average Bonchev–Trinajstić information content (AvgIpc) is 2.41. The molecule has 0 spiro atoms. The van der Waals surface area contributed by atoms with Crippen molar-refractivity contribution in [3.8, 4) is 0 Å². The monoisotopic (exact) mass is 276 g/mol. The summed E-state index contributed by atoms with van der Waals surface area (Å²) in [6.45, 7) is 3.43. The lowest BCUT2D eigenvalue weighted by molar-refractivity contribution is 0.525. The summed E-state index contributed by atoms with van der Waals surface area (Å²) in [6.07, 6.45) is 1.80. The van der Waals surface area contributed by atoms with Gasteiger partial charge in [-0.05, 0) is 24.6 Å². The van der Waals surface area contributed by atoms with Crippen LogP contribution in [0.2, 0.25) is 5.02 Å². The van der Waals surface area contributed by atoms with Gasteiger partial charge < -0.3 is 9.88 Å². The largest absolute Gasteiger partial charge is 0.314 e. The van der Waals surface area contributed by atoms with E-state index in [1.807, 2.05) is 30.3 Å². The first-order valence-corrected chi connectivity index (χ1v) is 6.69. The van der Waals surface area contributed by atoms with Gasteiger partial charge in [0.2, 0.25) is 0 Å². The van der Waals surface area contributed by atoms with Crippen molar-refractivity contribution in [3.63, 3.8) is 0 Å². The van der Waals surface area contributed by atoms with Gasteiger partial charge in [-0.2, -0.15) is 0 Å². The van der Waals surface area contributed by atoms with E-state index in [-0.39, 0.29) is 11.6 Å². The fourth-order valence-electron chi connectivity index (χ4n) is 1.98. The van der Waals surface area contributed by atoms with Gasteiger partial charge in [0.25, 0.3) is 5.56 Å². The molecule has 1 aromatic heterocycles. The van der Waals surface area contributed by atoms with Crippen molar-refractivity contribution >= 4 is 11.6 Å². The quantitative estimate of drug-likeness (QED) is 0.911. The molecular weight excluding hydrogens is 260 g/mol. The second kappa shape index (κ2) is 6.55. The molecule has 0 unspecified atom stereocenters. The van der Waals surface area contributed by atoms with Crippen molar-refractivity contribution in [1.29, 1.82) is 0 Å². The molecule has 1 N–H and O–H groups in total. The van der Waals surface area contributed by atoms with Crippen LogP contribution in [0.25, 0.3) is 0 Å². The molecule has 0 radical (unpaired) electrons. The van der Waals surface area contributed by atoms with E-state index in [9.17, 15) is 4.79 Å². The Morgan fingerprint density at radius 3 is 2.68 bits per heavy atom. The topological polar surface area (TPSA) is 34.0 Å². The molecule has 19 heavy (non-hydrogen) atoms. The molecule has 2 rings (SSSR count). The Morgan fingerprint density at radius 2 is 1.95 bits per heavy atom. The molecule has 0 amide bonds. The van der Waals surface area contributed by atoms with Gasteiger partial charge in [-0.1, -0.05) is 35.9 Å². The lowest BCUT2D eigenvalue weighted by atomic mass is 10.1. The van der Waals surface area contributed by atoms with Gasteiger partial charge in [-0.3, -0.25) is 4.79 Å². The highest BCUT2D eigenvalue weighted by Gasteiger charge is 2.07. The minimum Gasteiger partial charge on any atom is -0.314 e. The maximum Gasteiger partial charge on any atom is 0.250 e. The van der Waals surface area contributed by atoms with E-state index >= 15 is 0 Å². The highest BCUT2D eigenvalue weighted by Crippen LogP contribution is 2.21. The Bertz CT molecular complexity index is 594.